The number of nitrogens with zero attached hydrogens (tertiary/aromatic N) is 2. The summed E-state index contributed by atoms with van der Waals surface area (Å²) >= 11 is 6.04. The molecule has 3 rings (SSSR count). The van der Waals surface area contributed by atoms with Crippen molar-refractivity contribution in [3.05, 3.63) is 76.8 Å². The van der Waals surface area contributed by atoms with E-state index in [1.165, 1.54) is 24.5 Å². The normalized spacial score (nSPS) is 10.5. The maximum atomic E-state index is 12.9. The molecule has 1 aromatic heterocycles. The summed E-state index contributed by atoms with van der Waals surface area (Å²) in [6.45, 7) is 1.88. The SMILES string of the molecule is Cc1ccc(NC(=O)c2cnc(-c3ccc(F)cc3)nc2)cc1Cl. The third kappa shape index (κ3) is 3.58. The Morgan fingerprint density at radius 3 is 2.38 bits per heavy atom. The molecule has 4 nitrogen and oxygen atoms in total. The number of halogens is 2. The van der Waals surface area contributed by atoms with Crippen LogP contribution in [0.3, 0.4) is 0 Å². The molecule has 0 aliphatic rings. The van der Waals surface area contributed by atoms with Gasteiger partial charge in [-0.2, -0.15) is 0 Å². The van der Waals surface area contributed by atoms with E-state index < -0.39 is 0 Å². The number of aryl methyl sites for hydroxylation is 1. The fourth-order valence-corrected chi connectivity index (χ4v) is 2.25. The van der Waals surface area contributed by atoms with Crippen LogP contribution in [0.5, 0.6) is 0 Å². The number of carbonyl (C=O) groups excluding carboxylic acids is 1. The maximum Gasteiger partial charge on any atom is 0.258 e. The summed E-state index contributed by atoms with van der Waals surface area (Å²) in [5, 5.41) is 3.32. The molecule has 120 valence electrons. The number of hydrogen-bond acceptors (Lipinski definition) is 3. The summed E-state index contributed by atoms with van der Waals surface area (Å²) in [6.07, 6.45) is 2.85. The van der Waals surface area contributed by atoms with E-state index in [1.807, 2.05) is 13.0 Å². The molecule has 0 aliphatic heterocycles. The molecule has 1 N–H and O–H groups in total. The quantitative estimate of drug-likeness (QED) is 0.763. The predicted molar refractivity (Wildman–Crippen MR) is 91.6 cm³/mol. The number of amides is 1. The topological polar surface area (TPSA) is 54.9 Å². The van der Waals surface area contributed by atoms with Crippen LogP contribution in [0.1, 0.15) is 15.9 Å². The highest BCUT2D eigenvalue weighted by Crippen LogP contribution is 2.20. The molecular weight excluding hydrogens is 329 g/mol. The van der Waals surface area contributed by atoms with Crippen LogP contribution in [0.15, 0.2) is 54.9 Å². The van der Waals surface area contributed by atoms with E-state index in [2.05, 4.69) is 15.3 Å². The van der Waals surface area contributed by atoms with Crippen molar-refractivity contribution in [1.82, 2.24) is 9.97 Å². The third-order valence-electron chi connectivity index (χ3n) is 3.45. The summed E-state index contributed by atoms with van der Waals surface area (Å²) in [5.74, 6) is -0.239. The molecule has 2 aromatic carbocycles. The van der Waals surface area contributed by atoms with Gasteiger partial charge in [0.25, 0.3) is 5.91 Å². The fraction of sp³-hybridized carbons (Fsp3) is 0.0556. The van der Waals surface area contributed by atoms with Crippen molar-refractivity contribution >= 4 is 23.2 Å². The lowest BCUT2D eigenvalue weighted by Gasteiger charge is -2.07. The number of carbonyl (C=O) groups is 1. The van der Waals surface area contributed by atoms with Gasteiger partial charge in [-0.05, 0) is 48.9 Å². The number of aromatic nitrogens is 2. The zero-order chi connectivity index (χ0) is 17.1. The van der Waals surface area contributed by atoms with E-state index in [-0.39, 0.29) is 11.7 Å². The van der Waals surface area contributed by atoms with Crippen molar-refractivity contribution in [3.63, 3.8) is 0 Å². The number of rotatable bonds is 3. The lowest BCUT2D eigenvalue weighted by atomic mass is 10.2. The van der Waals surface area contributed by atoms with Gasteiger partial charge in [-0.25, -0.2) is 14.4 Å². The molecule has 0 bridgehead atoms. The minimum atomic E-state index is -0.333. The van der Waals surface area contributed by atoms with E-state index in [9.17, 15) is 9.18 Å². The molecule has 0 radical (unpaired) electrons. The van der Waals surface area contributed by atoms with Gasteiger partial charge in [-0.3, -0.25) is 4.79 Å². The average Bonchev–Trinajstić information content (AvgIpc) is 2.59. The van der Waals surface area contributed by atoms with Crippen molar-refractivity contribution in [2.24, 2.45) is 0 Å². The van der Waals surface area contributed by atoms with Crippen LogP contribution >= 0.6 is 11.6 Å². The summed E-state index contributed by atoms with van der Waals surface area (Å²) in [7, 11) is 0. The Morgan fingerprint density at radius 1 is 1.08 bits per heavy atom. The minimum absolute atomic E-state index is 0.317. The van der Waals surface area contributed by atoms with E-state index in [4.69, 9.17) is 11.6 Å². The molecule has 3 aromatic rings. The summed E-state index contributed by atoms with van der Waals surface area (Å²) in [6, 6.07) is 11.1. The Labute approximate surface area is 143 Å². The van der Waals surface area contributed by atoms with Crippen LogP contribution in [0.25, 0.3) is 11.4 Å². The second-order valence-corrected chi connectivity index (χ2v) is 5.63. The number of benzene rings is 2. The summed E-state index contributed by atoms with van der Waals surface area (Å²) < 4.78 is 12.9. The first-order valence-corrected chi connectivity index (χ1v) is 7.56. The largest absolute Gasteiger partial charge is 0.322 e. The highest BCUT2D eigenvalue weighted by atomic mass is 35.5. The molecule has 0 atom stereocenters. The average molecular weight is 342 g/mol. The second kappa shape index (κ2) is 6.76. The Morgan fingerprint density at radius 2 is 1.75 bits per heavy atom. The van der Waals surface area contributed by atoms with Crippen molar-refractivity contribution in [2.75, 3.05) is 5.32 Å². The molecule has 0 saturated heterocycles. The number of nitrogens with one attached hydrogen (secondary N) is 1. The standard InChI is InChI=1S/C18H13ClFN3O/c1-11-2-7-15(8-16(11)19)23-18(24)13-9-21-17(22-10-13)12-3-5-14(20)6-4-12/h2-10H,1H3,(H,23,24). The van der Waals surface area contributed by atoms with Crippen molar-refractivity contribution in [2.45, 2.75) is 6.92 Å². The molecular formula is C18H13ClFN3O. The van der Waals surface area contributed by atoms with E-state index >= 15 is 0 Å². The molecule has 0 unspecified atom stereocenters. The van der Waals surface area contributed by atoms with Gasteiger partial charge in [0.05, 0.1) is 5.56 Å². The Bertz CT molecular complexity index is 880. The van der Waals surface area contributed by atoms with Gasteiger partial charge in [-0.15, -0.1) is 0 Å². The predicted octanol–water partition coefficient (Wildman–Crippen LogP) is 4.50. The van der Waals surface area contributed by atoms with Gasteiger partial charge >= 0.3 is 0 Å². The molecule has 0 fully saturated rings. The van der Waals surface area contributed by atoms with Gasteiger partial charge in [-0.1, -0.05) is 17.7 Å². The molecule has 0 spiro atoms. The molecule has 24 heavy (non-hydrogen) atoms. The number of anilines is 1. The second-order valence-electron chi connectivity index (χ2n) is 5.22. The highest BCUT2D eigenvalue weighted by Gasteiger charge is 2.09. The molecule has 0 saturated carbocycles. The van der Waals surface area contributed by atoms with E-state index in [1.54, 1.807) is 24.3 Å². The smallest absolute Gasteiger partial charge is 0.258 e. The first-order chi connectivity index (χ1) is 11.5. The van der Waals surface area contributed by atoms with Crippen LogP contribution in [0.2, 0.25) is 5.02 Å². The summed E-state index contributed by atoms with van der Waals surface area (Å²) in [4.78, 5) is 20.5. The molecule has 1 amide bonds. The Balaban J connectivity index is 1.76. The van der Waals surface area contributed by atoms with Crippen LogP contribution in [-0.4, -0.2) is 15.9 Å². The lowest BCUT2D eigenvalue weighted by Crippen LogP contribution is -2.12. The van der Waals surface area contributed by atoms with Crippen LogP contribution in [0.4, 0.5) is 10.1 Å². The van der Waals surface area contributed by atoms with E-state index in [0.717, 1.165) is 5.56 Å². The molecule has 0 aliphatic carbocycles. The van der Waals surface area contributed by atoms with Gasteiger partial charge < -0.3 is 5.32 Å². The van der Waals surface area contributed by atoms with Crippen LogP contribution in [-0.2, 0) is 0 Å². The zero-order valence-corrected chi connectivity index (χ0v) is 13.5. The maximum absolute atomic E-state index is 12.9. The van der Waals surface area contributed by atoms with Crippen LogP contribution < -0.4 is 5.32 Å². The molecule has 1 heterocycles. The third-order valence-corrected chi connectivity index (χ3v) is 3.85. The minimum Gasteiger partial charge on any atom is -0.322 e. The summed E-state index contributed by atoms with van der Waals surface area (Å²) in [5.41, 5.74) is 2.52. The van der Waals surface area contributed by atoms with E-state index in [0.29, 0.717) is 27.7 Å². The fourth-order valence-electron chi connectivity index (χ4n) is 2.07. The highest BCUT2D eigenvalue weighted by molar-refractivity contribution is 6.31. The number of hydrogen-bond donors (Lipinski definition) is 1. The van der Waals surface area contributed by atoms with Crippen molar-refractivity contribution < 1.29 is 9.18 Å². The zero-order valence-electron chi connectivity index (χ0n) is 12.8. The Kier molecular flexibility index (Phi) is 4.53. The van der Waals surface area contributed by atoms with Gasteiger partial charge in [0.2, 0.25) is 0 Å². The molecule has 6 heteroatoms. The van der Waals surface area contributed by atoms with Crippen LogP contribution in [0, 0.1) is 12.7 Å². The van der Waals surface area contributed by atoms with Crippen molar-refractivity contribution in [3.8, 4) is 11.4 Å². The Hall–Kier alpha value is -2.79. The monoisotopic (exact) mass is 341 g/mol. The van der Waals surface area contributed by atoms with Crippen molar-refractivity contribution in [1.29, 1.82) is 0 Å². The van der Waals surface area contributed by atoms with Gasteiger partial charge in [0.15, 0.2) is 5.82 Å². The van der Waals surface area contributed by atoms with Gasteiger partial charge in [0, 0.05) is 28.7 Å². The van der Waals surface area contributed by atoms with Gasteiger partial charge in [0.1, 0.15) is 5.82 Å². The lowest BCUT2D eigenvalue weighted by molar-refractivity contribution is 0.102. The first-order valence-electron chi connectivity index (χ1n) is 7.18. The first kappa shape index (κ1) is 16.1.